The van der Waals surface area contributed by atoms with Gasteiger partial charge in [-0.1, -0.05) is 18.2 Å². The van der Waals surface area contributed by atoms with Crippen LogP contribution in [0.5, 0.6) is 0 Å². The largest absolute Gasteiger partial charge is 0.370 e. The van der Waals surface area contributed by atoms with Crippen LogP contribution >= 0.6 is 0 Å². The Hall–Kier alpha value is -1.56. The third kappa shape index (κ3) is 3.80. The lowest BCUT2D eigenvalue weighted by atomic mass is 10.3. The summed E-state index contributed by atoms with van der Waals surface area (Å²) in [6, 6.07) is 10.4. The summed E-state index contributed by atoms with van der Waals surface area (Å²) in [5, 5.41) is 3.04. The van der Waals surface area contributed by atoms with Gasteiger partial charge in [-0.15, -0.1) is 0 Å². The van der Waals surface area contributed by atoms with Crippen molar-refractivity contribution in [3.8, 4) is 0 Å². The number of nitrogens with one attached hydrogen (secondary N) is 1. The Labute approximate surface area is 134 Å². The SMILES string of the molecule is O=C(NC1CCS(=O)C1)N1CCCN(c2ccccc2)CC1. The zero-order valence-electron chi connectivity index (χ0n) is 12.7. The maximum atomic E-state index is 12.4. The number of urea groups is 1. The predicted octanol–water partition coefficient (Wildman–Crippen LogP) is 1.43. The molecule has 2 unspecified atom stereocenters. The number of para-hydroxylation sites is 1. The first-order valence-corrected chi connectivity index (χ1v) is 9.41. The van der Waals surface area contributed by atoms with Crippen molar-refractivity contribution >= 4 is 22.5 Å². The zero-order valence-corrected chi connectivity index (χ0v) is 13.6. The van der Waals surface area contributed by atoms with Crippen LogP contribution in [-0.2, 0) is 10.8 Å². The minimum absolute atomic E-state index is 0.00110. The Kier molecular flexibility index (Phi) is 4.97. The molecule has 0 aliphatic carbocycles. The van der Waals surface area contributed by atoms with Crippen molar-refractivity contribution in [1.29, 1.82) is 0 Å². The first-order chi connectivity index (χ1) is 10.7. The fraction of sp³-hybridized carbons (Fsp3) is 0.562. The molecular formula is C16H23N3O2S. The third-order valence-electron chi connectivity index (χ3n) is 4.31. The molecule has 1 N–H and O–H groups in total. The zero-order chi connectivity index (χ0) is 15.4. The number of hydrogen-bond donors (Lipinski definition) is 1. The van der Waals surface area contributed by atoms with Gasteiger partial charge in [0, 0.05) is 60.2 Å². The van der Waals surface area contributed by atoms with Gasteiger partial charge in [-0.25, -0.2) is 4.79 Å². The van der Waals surface area contributed by atoms with Crippen molar-refractivity contribution in [3.63, 3.8) is 0 Å². The van der Waals surface area contributed by atoms with E-state index < -0.39 is 10.8 Å². The fourth-order valence-electron chi connectivity index (χ4n) is 3.06. The Morgan fingerprint density at radius 2 is 1.95 bits per heavy atom. The molecule has 0 bridgehead atoms. The average Bonchev–Trinajstić information content (AvgIpc) is 2.80. The van der Waals surface area contributed by atoms with Gasteiger partial charge in [0.1, 0.15) is 0 Å². The van der Waals surface area contributed by atoms with Crippen molar-refractivity contribution in [2.45, 2.75) is 18.9 Å². The predicted molar refractivity (Wildman–Crippen MR) is 89.7 cm³/mol. The van der Waals surface area contributed by atoms with Crippen molar-refractivity contribution in [2.75, 3.05) is 42.6 Å². The number of amides is 2. The van der Waals surface area contributed by atoms with Crippen LogP contribution in [0.1, 0.15) is 12.8 Å². The number of nitrogens with zero attached hydrogens (tertiary/aromatic N) is 2. The molecule has 22 heavy (non-hydrogen) atoms. The molecule has 2 fully saturated rings. The lowest BCUT2D eigenvalue weighted by Crippen LogP contribution is -2.46. The van der Waals surface area contributed by atoms with Gasteiger partial charge in [0.05, 0.1) is 0 Å². The Morgan fingerprint density at radius 3 is 2.68 bits per heavy atom. The van der Waals surface area contributed by atoms with Crippen LogP contribution < -0.4 is 10.2 Å². The molecule has 120 valence electrons. The average molecular weight is 321 g/mol. The Bertz CT molecular complexity index is 537. The van der Waals surface area contributed by atoms with Crippen LogP contribution in [0.25, 0.3) is 0 Å². The van der Waals surface area contributed by atoms with E-state index >= 15 is 0 Å². The molecule has 2 aliphatic heterocycles. The smallest absolute Gasteiger partial charge is 0.317 e. The van der Waals surface area contributed by atoms with Crippen molar-refractivity contribution < 1.29 is 9.00 Å². The highest BCUT2D eigenvalue weighted by Crippen LogP contribution is 2.16. The van der Waals surface area contributed by atoms with Gasteiger partial charge in [-0.05, 0) is 25.0 Å². The monoisotopic (exact) mass is 321 g/mol. The van der Waals surface area contributed by atoms with Crippen LogP contribution in [-0.4, -0.2) is 58.9 Å². The summed E-state index contributed by atoms with van der Waals surface area (Å²) in [6.07, 6.45) is 1.81. The minimum Gasteiger partial charge on any atom is -0.370 e. The van der Waals surface area contributed by atoms with Gasteiger partial charge < -0.3 is 15.1 Å². The summed E-state index contributed by atoms with van der Waals surface area (Å²) >= 11 is 0. The van der Waals surface area contributed by atoms with Crippen LogP contribution in [0, 0.1) is 0 Å². The van der Waals surface area contributed by atoms with E-state index in [2.05, 4.69) is 22.3 Å². The van der Waals surface area contributed by atoms with Gasteiger partial charge in [0.15, 0.2) is 0 Å². The lowest BCUT2D eigenvalue weighted by Gasteiger charge is -2.24. The van der Waals surface area contributed by atoms with Crippen LogP contribution in [0.2, 0.25) is 0 Å². The van der Waals surface area contributed by atoms with E-state index in [4.69, 9.17) is 0 Å². The summed E-state index contributed by atoms with van der Waals surface area (Å²) in [5.74, 6) is 1.32. The number of carbonyl (C=O) groups excluding carboxylic acids is 1. The minimum atomic E-state index is -0.750. The van der Waals surface area contributed by atoms with Crippen LogP contribution in [0.3, 0.4) is 0 Å². The molecule has 2 amide bonds. The molecular weight excluding hydrogens is 298 g/mol. The molecule has 2 saturated heterocycles. The highest BCUT2D eigenvalue weighted by atomic mass is 32.2. The van der Waals surface area contributed by atoms with Gasteiger partial charge >= 0.3 is 6.03 Å². The molecule has 1 aromatic rings. The highest BCUT2D eigenvalue weighted by Gasteiger charge is 2.25. The number of anilines is 1. The van der Waals surface area contributed by atoms with E-state index in [0.29, 0.717) is 11.5 Å². The molecule has 0 saturated carbocycles. The Balaban J connectivity index is 1.53. The van der Waals surface area contributed by atoms with Crippen molar-refractivity contribution in [1.82, 2.24) is 10.2 Å². The highest BCUT2D eigenvalue weighted by molar-refractivity contribution is 7.85. The van der Waals surface area contributed by atoms with Gasteiger partial charge in [-0.3, -0.25) is 4.21 Å². The molecule has 1 aromatic carbocycles. The van der Waals surface area contributed by atoms with E-state index in [1.54, 1.807) is 0 Å². The third-order valence-corrected chi connectivity index (χ3v) is 5.78. The molecule has 5 nitrogen and oxygen atoms in total. The van der Waals surface area contributed by atoms with Gasteiger partial charge in [-0.2, -0.15) is 0 Å². The maximum Gasteiger partial charge on any atom is 0.317 e. The molecule has 0 spiro atoms. The normalized spacial score (nSPS) is 25.8. The Morgan fingerprint density at radius 1 is 1.14 bits per heavy atom. The quantitative estimate of drug-likeness (QED) is 0.896. The number of benzene rings is 1. The second-order valence-corrected chi connectivity index (χ2v) is 7.53. The van der Waals surface area contributed by atoms with Crippen LogP contribution in [0.15, 0.2) is 30.3 Å². The summed E-state index contributed by atoms with van der Waals surface area (Å²) < 4.78 is 11.4. The van der Waals surface area contributed by atoms with E-state index in [1.165, 1.54) is 5.69 Å². The first-order valence-electron chi connectivity index (χ1n) is 7.93. The fourth-order valence-corrected chi connectivity index (χ4v) is 4.47. The standard InChI is InChI=1S/C16H23N3O2S/c20-16(17-14-7-12-22(21)13-14)19-9-4-8-18(10-11-19)15-5-2-1-3-6-15/h1-3,5-6,14H,4,7-13H2,(H,17,20). The van der Waals surface area contributed by atoms with Crippen LogP contribution in [0.4, 0.5) is 10.5 Å². The summed E-state index contributed by atoms with van der Waals surface area (Å²) in [7, 11) is -0.750. The van der Waals surface area contributed by atoms with E-state index in [0.717, 1.165) is 39.0 Å². The molecule has 2 aliphatic rings. The second-order valence-electron chi connectivity index (χ2n) is 5.91. The van der Waals surface area contributed by atoms with E-state index in [9.17, 15) is 9.00 Å². The molecule has 2 atom stereocenters. The van der Waals surface area contributed by atoms with Crippen molar-refractivity contribution in [2.24, 2.45) is 0 Å². The summed E-state index contributed by atoms with van der Waals surface area (Å²) in [6.45, 7) is 3.34. The number of hydrogen-bond acceptors (Lipinski definition) is 3. The first kappa shape index (κ1) is 15.3. The summed E-state index contributed by atoms with van der Waals surface area (Å²) in [4.78, 5) is 16.6. The molecule has 2 heterocycles. The number of rotatable bonds is 2. The molecule has 3 rings (SSSR count). The number of carbonyl (C=O) groups is 1. The second kappa shape index (κ2) is 7.13. The molecule has 0 aromatic heterocycles. The van der Waals surface area contributed by atoms with E-state index in [1.807, 2.05) is 23.1 Å². The topological polar surface area (TPSA) is 52.7 Å². The van der Waals surface area contributed by atoms with E-state index in [-0.39, 0.29) is 12.1 Å². The van der Waals surface area contributed by atoms with Gasteiger partial charge in [0.2, 0.25) is 0 Å². The maximum absolute atomic E-state index is 12.4. The molecule has 6 heteroatoms. The lowest BCUT2D eigenvalue weighted by molar-refractivity contribution is 0.198. The molecule has 0 radical (unpaired) electrons. The van der Waals surface area contributed by atoms with Gasteiger partial charge in [0.25, 0.3) is 0 Å². The summed E-state index contributed by atoms with van der Waals surface area (Å²) in [5.41, 5.74) is 1.22. The van der Waals surface area contributed by atoms with Crippen molar-refractivity contribution in [3.05, 3.63) is 30.3 Å².